The van der Waals surface area contributed by atoms with Crippen molar-refractivity contribution in [2.24, 2.45) is 5.92 Å². The lowest BCUT2D eigenvalue weighted by Crippen LogP contribution is -2.20. The zero-order valence-electron chi connectivity index (χ0n) is 8.01. The number of carboxylic acids is 1. The maximum atomic E-state index is 10.7. The molecule has 1 rings (SSSR count). The fourth-order valence-corrected chi connectivity index (χ4v) is 0.993. The predicted octanol–water partition coefficient (Wildman–Crippen LogP) is 1.57. The molecule has 1 N–H and O–H groups in total. The molecule has 1 atom stereocenters. The Morgan fingerprint density at radius 3 is 3.00 bits per heavy atom. The van der Waals surface area contributed by atoms with Crippen molar-refractivity contribution in [2.45, 2.75) is 13.3 Å². The molecule has 14 heavy (non-hydrogen) atoms. The van der Waals surface area contributed by atoms with Crippen LogP contribution in [0.1, 0.15) is 13.3 Å². The third-order valence-electron chi connectivity index (χ3n) is 1.93. The molecule has 0 saturated heterocycles. The summed E-state index contributed by atoms with van der Waals surface area (Å²) in [6, 6.07) is 3.50. The Labute approximate surface area is 82.5 Å². The molecule has 1 heterocycles. The van der Waals surface area contributed by atoms with Crippen LogP contribution in [0.3, 0.4) is 0 Å². The molecule has 0 amide bonds. The number of carboxylic acid groups (broad SMARTS) is 1. The summed E-state index contributed by atoms with van der Waals surface area (Å²) in [5.41, 5.74) is 0. The van der Waals surface area contributed by atoms with Crippen LogP contribution in [0.2, 0.25) is 0 Å². The summed E-state index contributed by atoms with van der Waals surface area (Å²) in [6.07, 6.45) is 3.77. The van der Waals surface area contributed by atoms with Gasteiger partial charge in [0, 0.05) is 6.20 Å². The first kappa shape index (κ1) is 10.5. The Balaban J connectivity index is 2.44. The standard InChI is InChI=1S/C10H13NO3/c1-2-8(10(12)13)7-14-9-4-3-5-11-6-9/h3-6,8H,2,7H2,1H3,(H,12,13). The van der Waals surface area contributed by atoms with Crippen LogP contribution in [0.4, 0.5) is 0 Å². The molecular formula is C10H13NO3. The Morgan fingerprint density at radius 2 is 2.50 bits per heavy atom. The number of aliphatic carboxylic acids is 1. The zero-order chi connectivity index (χ0) is 10.4. The first-order valence-corrected chi connectivity index (χ1v) is 4.49. The minimum Gasteiger partial charge on any atom is -0.491 e. The summed E-state index contributed by atoms with van der Waals surface area (Å²) >= 11 is 0. The quantitative estimate of drug-likeness (QED) is 0.774. The molecule has 0 aliphatic carbocycles. The van der Waals surface area contributed by atoms with Gasteiger partial charge in [-0.3, -0.25) is 9.78 Å². The molecule has 1 unspecified atom stereocenters. The lowest BCUT2D eigenvalue weighted by molar-refractivity contribution is -0.142. The van der Waals surface area contributed by atoms with Gasteiger partial charge in [0.25, 0.3) is 0 Å². The summed E-state index contributed by atoms with van der Waals surface area (Å²) in [4.78, 5) is 14.5. The summed E-state index contributed by atoms with van der Waals surface area (Å²) in [5, 5.41) is 8.76. The van der Waals surface area contributed by atoms with E-state index in [1.165, 1.54) is 0 Å². The molecule has 0 bridgehead atoms. The minimum absolute atomic E-state index is 0.192. The number of hydrogen-bond donors (Lipinski definition) is 1. The highest BCUT2D eigenvalue weighted by Gasteiger charge is 2.15. The number of pyridine rings is 1. The molecule has 0 fully saturated rings. The predicted molar refractivity (Wildman–Crippen MR) is 51.1 cm³/mol. The highest BCUT2D eigenvalue weighted by Crippen LogP contribution is 2.10. The van der Waals surface area contributed by atoms with Crippen molar-refractivity contribution in [3.8, 4) is 5.75 Å². The summed E-state index contributed by atoms with van der Waals surface area (Å²) < 4.78 is 5.28. The van der Waals surface area contributed by atoms with Crippen molar-refractivity contribution in [3.63, 3.8) is 0 Å². The lowest BCUT2D eigenvalue weighted by Gasteiger charge is -2.10. The number of carbonyl (C=O) groups is 1. The van der Waals surface area contributed by atoms with Gasteiger partial charge in [-0.2, -0.15) is 0 Å². The summed E-state index contributed by atoms with van der Waals surface area (Å²) in [6.45, 7) is 2.02. The molecule has 4 heteroatoms. The van der Waals surface area contributed by atoms with E-state index in [9.17, 15) is 4.79 Å². The van der Waals surface area contributed by atoms with Gasteiger partial charge >= 0.3 is 5.97 Å². The van der Waals surface area contributed by atoms with Gasteiger partial charge in [0.2, 0.25) is 0 Å². The number of hydrogen-bond acceptors (Lipinski definition) is 3. The van der Waals surface area contributed by atoms with E-state index in [0.29, 0.717) is 12.2 Å². The van der Waals surface area contributed by atoms with E-state index in [2.05, 4.69) is 4.98 Å². The highest BCUT2D eigenvalue weighted by molar-refractivity contribution is 5.70. The molecule has 4 nitrogen and oxygen atoms in total. The van der Waals surface area contributed by atoms with Crippen LogP contribution < -0.4 is 4.74 Å². The van der Waals surface area contributed by atoms with E-state index in [1.807, 2.05) is 6.92 Å². The molecule has 1 aromatic rings. The first-order chi connectivity index (χ1) is 6.74. The molecule has 0 aromatic carbocycles. The van der Waals surface area contributed by atoms with Crippen molar-refractivity contribution in [1.29, 1.82) is 0 Å². The van der Waals surface area contributed by atoms with Crippen molar-refractivity contribution in [2.75, 3.05) is 6.61 Å². The van der Waals surface area contributed by atoms with E-state index in [-0.39, 0.29) is 6.61 Å². The zero-order valence-corrected chi connectivity index (χ0v) is 8.01. The van der Waals surface area contributed by atoms with E-state index in [0.717, 1.165) is 0 Å². The van der Waals surface area contributed by atoms with Crippen LogP contribution >= 0.6 is 0 Å². The van der Waals surface area contributed by atoms with Crippen LogP contribution in [-0.2, 0) is 4.79 Å². The van der Waals surface area contributed by atoms with Gasteiger partial charge in [0.15, 0.2) is 0 Å². The average molecular weight is 195 g/mol. The number of rotatable bonds is 5. The molecule has 0 saturated carbocycles. The summed E-state index contributed by atoms with van der Waals surface area (Å²) in [5.74, 6) is -0.668. The monoisotopic (exact) mass is 195 g/mol. The van der Waals surface area contributed by atoms with Gasteiger partial charge in [-0.25, -0.2) is 0 Å². The Morgan fingerprint density at radius 1 is 1.71 bits per heavy atom. The number of nitrogens with zero attached hydrogens (tertiary/aromatic N) is 1. The SMILES string of the molecule is CCC(COc1cccnc1)C(=O)O. The second-order valence-electron chi connectivity index (χ2n) is 2.94. The average Bonchev–Trinajstić information content (AvgIpc) is 2.20. The smallest absolute Gasteiger partial charge is 0.309 e. The largest absolute Gasteiger partial charge is 0.491 e. The van der Waals surface area contributed by atoms with E-state index >= 15 is 0 Å². The highest BCUT2D eigenvalue weighted by atomic mass is 16.5. The minimum atomic E-state index is -0.823. The third-order valence-corrected chi connectivity index (χ3v) is 1.93. The number of ether oxygens (including phenoxy) is 1. The van der Waals surface area contributed by atoms with E-state index in [4.69, 9.17) is 9.84 Å². The molecular weight excluding hydrogens is 182 g/mol. The van der Waals surface area contributed by atoms with Crippen LogP contribution in [0.15, 0.2) is 24.5 Å². The van der Waals surface area contributed by atoms with E-state index < -0.39 is 11.9 Å². The van der Waals surface area contributed by atoms with Crippen LogP contribution in [0, 0.1) is 5.92 Å². The first-order valence-electron chi connectivity index (χ1n) is 4.49. The Bertz CT molecular complexity index is 287. The summed E-state index contributed by atoms with van der Waals surface area (Å²) in [7, 11) is 0. The van der Waals surface area contributed by atoms with Gasteiger partial charge in [0.05, 0.1) is 12.1 Å². The Hall–Kier alpha value is -1.58. The van der Waals surface area contributed by atoms with Gasteiger partial charge in [-0.15, -0.1) is 0 Å². The normalized spacial score (nSPS) is 12.1. The van der Waals surface area contributed by atoms with Crippen molar-refractivity contribution in [1.82, 2.24) is 4.98 Å². The molecule has 0 aliphatic rings. The second-order valence-corrected chi connectivity index (χ2v) is 2.94. The maximum Gasteiger partial charge on any atom is 0.309 e. The van der Waals surface area contributed by atoms with Crippen molar-refractivity contribution >= 4 is 5.97 Å². The molecule has 76 valence electrons. The van der Waals surface area contributed by atoms with Gasteiger partial charge < -0.3 is 9.84 Å². The topological polar surface area (TPSA) is 59.4 Å². The number of aromatic nitrogens is 1. The van der Waals surface area contributed by atoms with E-state index in [1.54, 1.807) is 24.5 Å². The lowest BCUT2D eigenvalue weighted by atomic mass is 10.1. The molecule has 0 radical (unpaired) electrons. The van der Waals surface area contributed by atoms with Gasteiger partial charge in [0.1, 0.15) is 12.4 Å². The molecule has 1 aromatic heterocycles. The fourth-order valence-electron chi connectivity index (χ4n) is 0.993. The third kappa shape index (κ3) is 3.05. The molecule has 0 aliphatic heterocycles. The van der Waals surface area contributed by atoms with Crippen LogP contribution in [-0.4, -0.2) is 22.7 Å². The van der Waals surface area contributed by atoms with Crippen LogP contribution in [0.5, 0.6) is 5.75 Å². The second kappa shape index (κ2) is 5.21. The maximum absolute atomic E-state index is 10.7. The van der Waals surface area contributed by atoms with Gasteiger partial charge in [-0.05, 0) is 18.6 Å². The van der Waals surface area contributed by atoms with Gasteiger partial charge in [-0.1, -0.05) is 6.92 Å². The van der Waals surface area contributed by atoms with Crippen molar-refractivity contribution < 1.29 is 14.6 Å². The Kier molecular flexibility index (Phi) is 3.91. The molecule has 0 spiro atoms. The van der Waals surface area contributed by atoms with Crippen molar-refractivity contribution in [3.05, 3.63) is 24.5 Å². The fraction of sp³-hybridized carbons (Fsp3) is 0.400. The van der Waals surface area contributed by atoms with Crippen LogP contribution in [0.25, 0.3) is 0 Å².